The summed E-state index contributed by atoms with van der Waals surface area (Å²) in [5, 5.41) is 2.90. The fraction of sp³-hybridized carbons (Fsp3) is 0.917. The second kappa shape index (κ2) is 5.53. The summed E-state index contributed by atoms with van der Waals surface area (Å²) in [6.07, 6.45) is 4.20. The molecule has 0 radical (unpaired) electrons. The molecule has 3 N–H and O–H groups in total. The number of amides is 1. The number of ether oxygens (including phenoxy) is 1. The Kier molecular flexibility index (Phi) is 4.59. The normalized spacial score (nSPS) is 24.0. The number of rotatable bonds is 5. The van der Waals surface area contributed by atoms with Crippen molar-refractivity contribution in [2.75, 3.05) is 6.54 Å². The highest BCUT2D eigenvalue weighted by atomic mass is 16.6. The molecule has 0 spiro atoms. The standard InChI is InChI=1S/C12H24N2O2/c1-12(2,3)16-11(15)14-10-8-9(10)6-4-5-7-13/h9-10H,4-8,13H2,1-3H3,(H,14,15). The molecule has 1 rings (SSSR count). The van der Waals surface area contributed by atoms with E-state index in [2.05, 4.69) is 5.32 Å². The van der Waals surface area contributed by atoms with E-state index in [1.165, 1.54) is 0 Å². The molecule has 2 unspecified atom stereocenters. The topological polar surface area (TPSA) is 64.3 Å². The van der Waals surface area contributed by atoms with Crippen molar-refractivity contribution < 1.29 is 9.53 Å². The van der Waals surface area contributed by atoms with Gasteiger partial charge >= 0.3 is 6.09 Å². The number of nitrogens with one attached hydrogen (secondary N) is 1. The van der Waals surface area contributed by atoms with Crippen LogP contribution in [0, 0.1) is 5.92 Å². The third-order valence-corrected chi connectivity index (χ3v) is 2.65. The van der Waals surface area contributed by atoms with Crippen LogP contribution < -0.4 is 11.1 Å². The van der Waals surface area contributed by atoms with E-state index in [9.17, 15) is 4.79 Å². The Balaban J connectivity index is 2.09. The maximum absolute atomic E-state index is 11.4. The van der Waals surface area contributed by atoms with Gasteiger partial charge in [0.15, 0.2) is 0 Å². The second-order valence-corrected chi connectivity index (χ2v) is 5.53. The fourth-order valence-electron chi connectivity index (χ4n) is 1.75. The van der Waals surface area contributed by atoms with E-state index in [1.54, 1.807) is 0 Å². The molecule has 1 amide bonds. The molecule has 4 nitrogen and oxygen atoms in total. The largest absolute Gasteiger partial charge is 0.444 e. The highest BCUT2D eigenvalue weighted by Crippen LogP contribution is 2.35. The fourth-order valence-corrected chi connectivity index (χ4v) is 1.75. The Bertz CT molecular complexity index is 236. The van der Waals surface area contributed by atoms with Crippen LogP contribution in [0.5, 0.6) is 0 Å². The molecule has 0 aromatic rings. The van der Waals surface area contributed by atoms with Gasteiger partial charge in [-0.05, 0) is 52.5 Å². The van der Waals surface area contributed by atoms with Gasteiger partial charge in [-0.15, -0.1) is 0 Å². The molecule has 4 heteroatoms. The van der Waals surface area contributed by atoms with E-state index >= 15 is 0 Å². The van der Waals surface area contributed by atoms with Gasteiger partial charge in [0.25, 0.3) is 0 Å². The molecular weight excluding hydrogens is 204 g/mol. The second-order valence-electron chi connectivity index (χ2n) is 5.53. The van der Waals surface area contributed by atoms with Gasteiger partial charge in [0, 0.05) is 6.04 Å². The van der Waals surface area contributed by atoms with Gasteiger partial charge in [-0.25, -0.2) is 4.79 Å². The zero-order valence-corrected chi connectivity index (χ0v) is 10.6. The first-order valence-electron chi connectivity index (χ1n) is 6.12. The lowest BCUT2D eigenvalue weighted by atomic mass is 10.2. The van der Waals surface area contributed by atoms with Gasteiger partial charge < -0.3 is 15.8 Å². The van der Waals surface area contributed by atoms with Crippen molar-refractivity contribution in [3.63, 3.8) is 0 Å². The molecule has 0 aliphatic heterocycles. The third kappa shape index (κ3) is 5.35. The van der Waals surface area contributed by atoms with E-state index < -0.39 is 5.60 Å². The first-order valence-corrected chi connectivity index (χ1v) is 6.12. The van der Waals surface area contributed by atoms with Crippen LogP contribution in [0.2, 0.25) is 0 Å². The van der Waals surface area contributed by atoms with Gasteiger partial charge in [0.2, 0.25) is 0 Å². The van der Waals surface area contributed by atoms with Crippen molar-refractivity contribution >= 4 is 6.09 Å². The van der Waals surface area contributed by atoms with Gasteiger partial charge in [0.05, 0.1) is 0 Å². The summed E-state index contributed by atoms with van der Waals surface area (Å²) in [5.41, 5.74) is 5.02. The Labute approximate surface area is 97.9 Å². The van der Waals surface area contributed by atoms with Crippen molar-refractivity contribution in [2.24, 2.45) is 11.7 Å². The number of unbranched alkanes of at least 4 members (excludes halogenated alkanes) is 1. The van der Waals surface area contributed by atoms with Crippen LogP contribution in [0.1, 0.15) is 46.5 Å². The molecule has 1 aliphatic carbocycles. The molecule has 0 bridgehead atoms. The lowest BCUT2D eigenvalue weighted by molar-refractivity contribution is 0.0521. The van der Waals surface area contributed by atoms with Crippen molar-refractivity contribution in [3.05, 3.63) is 0 Å². The minimum absolute atomic E-state index is 0.293. The van der Waals surface area contributed by atoms with Crippen molar-refractivity contribution in [1.82, 2.24) is 5.32 Å². The van der Waals surface area contributed by atoms with Crippen molar-refractivity contribution in [2.45, 2.75) is 58.1 Å². The predicted molar refractivity (Wildman–Crippen MR) is 64.2 cm³/mol. The minimum Gasteiger partial charge on any atom is -0.444 e. The quantitative estimate of drug-likeness (QED) is 0.708. The number of nitrogens with two attached hydrogens (primary N) is 1. The molecular formula is C12H24N2O2. The number of carbonyl (C=O) groups is 1. The van der Waals surface area contributed by atoms with Crippen LogP contribution >= 0.6 is 0 Å². The first-order chi connectivity index (χ1) is 7.42. The van der Waals surface area contributed by atoms with E-state index in [0.29, 0.717) is 12.0 Å². The molecule has 2 atom stereocenters. The van der Waals surface area contributed by atoms with E-state index in [0.717, 1.165) is 32.2 Å². The minimum atomic E-state index is -0.409. The summed E-state index contributed by atoms with van der Waals surface area (Å²) >= 11 is 0. The monoisotopic (exact) mass is 228 g/mol. The van der Waals surface area contributed by atoms with Crippen molar-refractivity contribution in [3.8, 4) is 0 Å². The maximum Gasteiger partial charge on any atom is 0.407 e. The average molecular weight is 228 g/mol. The van der Waals surface area contributed by atoms with Crippen LogP contribution in [0.4, 0.5) is 4.79 Å². The molecule has 94 valence electrons. The van der Waals surface area contributed by atoms with Gasteiger partial charge in [-0.1, -0.05) is 6.42 Å². The Hall–Kier alpha value is -0.770. The summed E-state index contributed by atoms with van der Waals surface area (Å²) < 4.78 is 5.19. The van der Waals surface area contributed by atoms with E-state index in [1.807, 2.05) is 20.8 Å². The molecule has 0 heterocycles. The zero-order chi connectivity index (χ0) is 12.2. The Morgan fingerprint density at radius 2 is 2.12 bits per heavy atom. The lowest BCUT2D eigenvalue weighted by Crippen LogP contribution is -2.34. The highest BCUT2D eigenvalue weighted by molar-refractivity contribution is 5.68. The number of hydrogen-bond acceptors (Lipinski definition) is 3. The van der Waals surface area contributed by atoms with Crippen molar-refractivity contribution in [1.29, 1.82) is 0 Å². The van der Waals surface area contributed by atoms with Crippen LogP contribution in [-0.2, 0) is 4.74 Å². The van der Waals surface area contributed by atoms with E-state index in [-0.39, 0.29) is 6.09 Å². The summed E-state index contributed by atoms with van der Waals surface area (Å²) in [6.45, 7) is 6.38. The van der Waals surface area contributed by atoms with Gasteiger partial charge in [-0.2, -0.15) is 0 Å². The van der Waals surface area contributed by atoms with Crippen LogP contribution in [0.3, 0.4) is 0 Å². The molecule has 0 aromatic carbocycles. The summed E-state index contributed by atoms with van der Waals surface area (Å²) in [6, 6.07) is 0.327. The zero-order valence-electron chi connectivity index (χ0n) is 10.6. The predicted octanol–water partition coefficient (Wildman–Crippen LogP) is 2.03. The third-order valence-electron chi connectivity index (χ3n) is 2.65. The van der Waals surface area contributed by atoms with Gasteiger partial charge in [-0.3, -0.25) is 0 Å². The SMILES string of the molecule is CC(C)(C)OC(=O)NC1CC1CCCCN. The molecule has 1 aliphatic rings. The first kappa shape index (κ1) is 13.3. The molecule has 1 fully saturated rings. The summed E-state index contributed by atoms with van der Waals surface area (Å²) in [5.74, 6) is 0.638. The highest BCUT2D eigenvalue weighted by Gasteiger charge is 2.38. The number of hydrogen-bond donors (Lipinski definition) is 2. The maximum atomic E-state index is 11.4. The molecule has 16 heavy (non-hydrogen) atoms. The van der Waals surface area contributed by atoms with Crippen LogP contribution in [0.25, 0.3) is 0 Å². The number of alkyl carbamates (subject to hydrolysis) is 1. The molecule has 1 saturated carbocycles. The van der Waals surface area contributed by atoms with Crippen LogP contribution in [0.15, 0.2) is 0 Å². The number of carbonyl (C=O) groups excluding carboxylic acids is 1. The molecule has 0 saturated heterocycles. The summed E-state index contributed by atoms with van der Waals surface area (Å²) in [4.78, 5) is 11.4. The smallest absolute Gasteiger partial charge is 0.407 e. The van der Waals surface area contributed by atoms with Crippen LogP contribution in [-0.4, -0.2) is 24.3 Å². The average Bonchev–Trinajstić information content (AvgIpc) is 2.80. The summed E-state index contributed by atoms with van der Waals surface area (Å²) in [7, 11) is 0. The Morgan fingerprint density at radius 3 is 2.69 bits per heavy atom. The van der Waals surface area contributed by atoms with Gasteiger partial charge in [0.1, 0.15) is 5.60 Å². The van der Waals surface area contributed by atoms with E-state index in [4.69, 9.17) is 10.5 Å². The molecule has 0 aromatic heterocycles. The Morgan fingerprint density at radius 1 is 1.44 bits per heavy atom. The lowest BCUT2D eigenvalue weighted by Gasteiger charge is -2.19.